The molecular weight excluding hydrogens is 168 g/mol. The summed E-state index contributed by atoms with van der Waals surface area (Å²) in [5, 5.41) is 4.20. The van der Waals surface area contributed by atoms with Gasteiger partial charge in [0.25, 0.3) is 0 Å². The minimum Gasteiger partial charge on any atom is -0.472 e. The van der Waals surface area contributed by atoms with Gasteiger partial charge >= 0.3 is 0 Å². The Morgan fingerprint density at radius 1 is 1.17 bits per heavy atom. The summed E-state index contributed by atoms with van der Waals surface area (Å²) < 4.78 is 4.71. The lowest BCUT2D eigenvalue weighted by Gasteiger charge is -1.65. The predicted octanol–water partition coefficient (Wildman–Crippen LogP) is 3.64. The Labute approximate surface area is 76.7 Å². The van der Waals surface area contributed by atoms with E-state index in [-0.39, 0.29) is 0 Å². The predicted molar refractivity (Wildman–Crippen MR) is 52.5 cm³/mol. The first-order valence-electron chi connectivity index (χ1n) is 3.76. The summed E-state index contributed by atoms with van der Waals surface area (Å²) in [4.78, 5) is 0. The zero-order valence-electron chi connectivity index (χ0n) is 7.28. The number of hydrogen-bond acceptors (Lipinski definition) is 2. The standard InChI is InChI=1S/C5H6O.C5H6S/c2*1-5-2-3-6-4-5/h2*2-4H,1H3. The molecule has 0 N–H and O–H groups in total. The maximum absolute atomic E-state index is 4.71. The Bertz CT molecular complexity index is 249. The topological polar surface area (TPSA) is 13.1 Å². The van der Waals surface area contributed by atoms with Crippen LogP contribution in [0.2, 0.25) is 0 Å². The Kier molecular flexibility index (Phi) is 3.61. The molecule has 0 spiro atoms. The summed E-state index contributed by atoms with van der Waals surface area (Å²) in [7, 11) is 0. The number of rotatable bonds is 0. The number of furan rings is 1. The van der Waals surface area contributed by atoms with Crippen molar-refractivity contribution >= 4 is 11.3 Å². The monoisotopic (exact) mass is 180 g/mol. The third-order valence-corrected chi connectivity index (χ3v) is 2.13. The van der Waals surface area contributed by atoms with Crippen molar-refractivity contribution in [3.05, 3.63) is 46.5 Å². The molecular formula is C10H12OS. The lowest BCUT2D eigenvalue weighted by molar-refractivity contribution is 0.565. The first-order chi connectivity index (χ1) is 5.79. The van der Waals surface area contributed by atoms with E-state index >= 15 is 0 Å². The average Bonchev–Trinajstić information content (AvgIpc) is 2.63. The first-order valence-corrected chi connectivity index (χ1v) is 4.71. The second kappa shape index (κ2) is 4.78. The summed E-state index contributed by atoms with van der Waals surface area (Å²) in [6.07, 6.45) is 3.37. The second-order valence-electron chi connectivity index (χ2n) is 2.60. The number of aryl methyl sites for hydroxylation is 2. The van der Waals surface area contributed by atoms with Crippen molar-refractivity contribution < 1.29 is 4.42 Å². The summed E-state index contributed by atoms with van der Waals surface area (Å²) in [5.74, 6) is 0. The summed E-state index contributed by atoms with van der Waals surface area (Å²) in [6.45, 7) is 4.08. The van der Waals surface area contributed by atoms with E-state index in [4.69, 9.17) is 4.42 Å². The van der Waals surface area contributed by atoms with Crippen LogP contribution in [0.1, 0.15) is 11.1 Å². The lowest BCUT2D eigenvalue weighted by Crippen LogP contribution is -1.48. The van der Waals surface area contributed by atoms with Gasteiger partial charge in [-0.3, -0.25) is 0 Å². The molecule has 1 nitrogen and oxygen atoms in total. The maximum atomic E-state index is 4.71. The fourth-order valence-electron chi connectivity index (χ4n) is 0.665. The minimum absolute atomic E-state index is 1.18. The van der Waals surface area contributed by atoms with Crippen molar-refractivity contribution in [2.45, 2.75) is 13.8 Å². The van der Waals surface area contributed by atoms with E-state index in [9.17, 15) is 0 Å². The zero-order chi connectivity index (χ0) is 8.81. The van der Waals surface area contributed by atoms with Crippen LogP contribution in [0.3, 0.4) is 0 Å². The van der Waals surface area contributed by atoms with Gasteiger partial charge in [-0.2, -0.15) is 11.3 Å². The van der Waals surface area contributed by atoms with Crippen LogP contribution in [-0.4, -0.2) is 0 Å². The van der Waals surface area contributed by atoms with Gasteiger partial charge in [0, 0.05) is 0 Å². The van der Waals surface area contributed by atoms with Gasteiger partial charge < -0.3 is 4.42 Å². The van der Waals surface area contributed by atoms with Crippen molar-refractivity contribution in [1.29, 1.82) is 0 Å². The van der Waals surface area contributed by atoms with Crippen LogP contribution in [0.15, 0.2) is 39.8 Å². The van der Waals surface area contributed by atoms with Gasteiger partial charge in [0.15, 0.2) is 0 Å². The van der Waals surface area contributed by atoms with E-state index in [0.717, 1.165) is 0 Å². The molecule has 2 aromatic rings. The third kappa shape index (κ3) is 3.39. The summed E-state index contributed by atoms with van der Waals surface area (Å²) in [6, 6.07) is 4.02. The molecule has 2 rings (SSSR count). The largest absolute Gasteiger partial charge is 0.472 e. The van der Waals surface area contributed by atoms with Crippen LogP contribution in [-0.2, 0) is 0 Å². The van der Waals surface area contributed by atoms with Gasteiger partial charge in [0.2, 0.25) is 0 Å². The molecule has 0 saturated carbocycles. The van der Waals surface area contributed by atoms with Gasteiger partial charge in [-0.15, -0.1) is 0 Å². The number of hydrogen-bond donors (Lipinski definition) is 0. The van der Waals surface area contributed by atoms with Gasteiger partial charge in [-0.05, 0) is 47.9 Å². The minimum atomic E-state index is 1.18. The molecule has 64 valence electrons. The molecule has 0 amide bonds. The van der Waals surface area contributed by atoms with Crippen molar-refractivity contribution in [3.63, 3.8) is 0 Å². The Morgan fingerprint density at radius 2 is 2.00 bits per heavy atom. The SMILES string of the molecule is Cc1ccoc1.Cc1ccsc1. The van der Waals surface area contributed by atoms with Gasteiger partial charge in [0.1, 0.15) is 0 Å². The van der Waals surface area contributed by atoms with Crippen molar-refractivity contribution in [2.24, 2.45) is 0 Å². The Morgan fingerprint density at radius 3 is 2.17 bits per heavy atom. The van der Waals surface area contributed by atoms with Gasteiger partial charge in [0.05, 0.1) is 12.5 Å². The smallest absolute Gasteiger partial charge is 0.0931 e. The normalized spacial score (nSPS) is 8.83. The van der Waals surface area contributed by atoms with E-state index in [2.05, 4.69) is 23.8 Å². The van der Waals surface area contributed by atoms with Gasteiger partial charge in [-0.1, -0.05) is 0 Å². The quantitative estimate of drug-likeness (QED) is 0.603. The van der Waals surface area contributed by atoms with Crippen LogP contribution in [0.5, 0.6) is 0 Å². The van der Waals surface area contributed by atoms with E-state index in [1.54, 1.807) is 23.9 Å². The van der Waals surface area contributed by atoms with E-state index in [0.29, 0.717) is 0 Å². The zero-order valence-corrected chi connectivity index (χ0v) is 8.10. The van der Waals surface area contributed by atoms with Crippen molar-refractivity contribution in [2.75, 3.05) is 0 Å². The van der Waals surface area contributed by atoms with E-state index < -0.39 is 0 Å². The molecule has 0 bridgehead atoms. The molecule has 12 heavy (non-hydrogen) atoms. The van der Waals surface area contributed by atoms with Crippen LogP contribution in [0, 0.1) is 13.8 Å². The average molecular weight is 180 g/mol. The second-order valence-corrected chi connectivity index (χ2v) is 3.38. The van der Waals surface area contributed by atoms with Gasteiger partial charge in [-0.25, -0.2) is 0 Å². The molecule has 0 fully saturated rings. The Hall–Kier alpha value is -1.02. The molecule has 0 aliphatic rings. The molecule has 0 unspecified atom stereocenters. The van der Waals surface area contributed by atoms with Crippen LogP contribution in [0.4, 0.5) is 0 Å². The molecule has 0 aromatic carbocycles. The third-order valence-electron chi connectivity index (χ3n) is 1.33. The van der Waals surface area contributed by atoms with Crippen molar-refractivity contribution in [3.8, 4) is 0 Å². The van der Waals surface area contributed by atoms with E-state index in [1.807, 2.05) is 13.0 Å². The molecule has 2 heteroatoms. The van der Waals surface area contributed by atoms with E-state index in [1.165, 1.54) is 11.1 Å². The molecule has 0 aliphatic carbocycles. The van der Waals surface area contributed by atoms with Crippen molar-refractivity contribution in [1.82, 2.24) is 0 Å². The lowest BCUT2D eigenvalue weighted by atomic mass is 10.4. The Balaban J connectivity index is 0.000000120. The maximum Gasteiger partial charge on any atom is 0.0931 e. The molecule has 0 saturated heterocycles. The molecule has 0 atom stereocenters. The molecule has 0 aliphatic heterocycles. The molecule has 0 radical (unpaired) electrons. The highest BCUT2D eigenvalue weighted by Gasteiger charge is 1.76. The fraction of sp³-hybridized carbons (Fsp3) is 0.200. The molecule has 2 aromatic heterocycles. The highest BCUT2D eigenvalue weighted by atomic mass is 32.1. The summed E-state index contributed by atoms with van der Waals surface area (Å²) in [5.41, 5.74) is 2.54. The number of thiophene rings is 1. The highest BCUT2D eigenvalue weighted by Crippen LogP contribution is 2.01. The van der Waals surface area contributed by atoms with Crippen LogP contribution >= 0.6 is 11.3 Å². The first kappa shape index (κ1) is 9.07. The van der Waals surface area contributed by atoms with Crippen LogP contribution in [0.25, 0.3) is 0 Å². The highest BCUT2D eigenvalue weighted by molar-refractivity contribution is 7.07. The summed E-state index contributed by atoms with van der Waals surface area (Å²) >= 11 is 1.74. The van der Waals surface area contributed by atoms with Crippen LogP contribution < -0.4 is 0 Å². The molecule has 2 heterocycles. The fourth-order valence-corrected chi connectivity index (χ4v) is 1.33.